The molecule has 0 saturated carbocycles. The predicted octanol–water partition coefficient (Wildman–Crippen LogP) is 3.94. The zero-order chi connectivity index (χ0) is 52.6. The van der Waals surface area contributed by atoms with Gasteiger partial charge in [0.05, 0.1) is 56.1 Å². The van der Waals surface area contributed by atoms with Crippen LogP contribution in [0, 0.1) is 11.8 Å². The number of piperidine rings is 2. The predicted molar refractivity (Wildman–Crippen MR) is 272 cm³/mol. The molecule has 0 aromatic rings. The van der Waals surface area contributed by atoms with E-state index in [2.05, 4.69) is 44.9 Å². The zero-order valence-electron chi connectivity index (χ0n) is 45.0. The zero-order valence-corrected chi connectivity index (χ0v) is 48.1. The number of nitrogens with zero attached hydrogens (tertiary/aromatic N) is 2. The van der Waals surface area contributed by atoms with Crippen molar-refractivity contribution >= 4 is 35.9 Å². The van der Waals surface area contributed by atoms with Gasteiger partial charge in [-0.2, -0.15) is 0 Å². The van der Waals surface area contributed by atoms with E-state index in [1.807, 2.05) is 6.08 Å². The molecule has 0 spiro atoms. The topological polar surface area (TPSA) is 267 Å². The Morgan fingerprint density at radius 1 is 0.667 bits per heavy atom. The Bertz CT molecular complexity index is 1720. The number of nitrogens with one attached hydrogen (secondary N) is 5. The summed E-state index contributed by atoms with van der Waals surface area (Å²) in [7, 11) is 0. The van der Waals surface area contributed by atoms with Gasteiger partial charge in [-0.05, 0) is 112 Å². The number of likely N-dealkylation sites (tertiary alicyclic amines) is 2. The Hall–Kier alpha value is -2.70. The van der Waals surface area contributed by atoms with E-state index in [4.69, 9.17) is 34.8 Å². The SMILES string of the molecule is C.CCCCOC[C@H]1CCCN([C@@H]2C=C(C(=O)O)C[C@H](NC(=O)OC(C)(C)C)[C@H]2NC(C)=O)C1.CCCCOC[C@H]1CCCN([C@@H]2C=C(C(=O)OCC)C[C@H](NC(=O)OC(C)(C)C)[C@H]2NC(C)=O)C1.[K+].[NH-]O. The third-order valence-electron chi connectivity index (χ3n) is 12.1. The Balaban J connectivity index is 0.00000132. The van der Waals surface area contributed by atoms with Crippen LogP contribution in [-0.4, -0.2) is 163 Å². The van der Waals surface area contributed by atoms with Crippen LogP contribution in [0.4, 0.5) is 9.59 Å². The fourth-order valence-electron chi connectivity index (χ4n) is 9.20. The van der Waals surface area contributed by atoms with Crippen molar-refractivity contribution in [3.05, 3.63) is 29.2 Å². The van der Waals surface area contributed by atoms with Gasteiger partial charge in [-0.1, -0.05) is 46.3 Å². The molecule has 0 radical (unpaired) electrons. The fraction of sp³-hybridized carbons (Fsp3) is 0.804. The number of ether oxygens (including phenoxy) is 5. The van der Waals surface area contributed by atoms with E-state index in [1.54, 1.807) is 54.5 Å². The third-order valence-corrected chi connectivity index (χ3v) is 12.1. The fourth-order valence-corrected chi connectivity index (χ4v) is 9.20. The average Bonchev–Trinajstić information content (AvgIpc) is 3.27. The third kappa shape index (κ3) is 26.2. The smallest absolute Gasteiger partial charge is 0.553 e. The molecule has 8 atom stereocenters. The van der Waals surface area contributed by atoms with Crippen molar-refractivity contribution in [2.45, 2.75) is 195 Å². The first-order valence-electron chi connectivity index (χ1n) is 25.2. The van der Waals surface area contributed by atoms with Crippen molar-refractivity contribution in [1.29, 1.82) is 0 Å². The summed E-state index contributed by atoms with van der Waals surface area (Å²) in [6, 6.07) is -2.65. The number of carboxylic acid groups (broad SMARTS) is 1. The second-order valence-electron chi connectivity index (χ2n) is 20.6. The largest absolute Gasteiger partial charge is 1.00 e. The van der Waals surface area contributed by atoms with Gasteiger partial charge >= 0.3 is 75.5 Å². The van der Waals surface area contributed by atoms with Crippen molar-refractivity contribution in [1.82, 2.24) is 31.1 Å². The van der Waals surface area contributed by atoms with E-state index in [-0.39, 0.29) is 108 Å². The number of hydrogen-bond acceptors (Lipinski definition) is 14. The number of carboxylic acids is 1. The maximum absolute atomic E-state index is 12.7. The van der Waals surface area contributed by atoms with E-state index in [9.17, 15) is 33.9 Å². The number of rotatable bonds is 19. The minimum absolute atomic E-state index is 0. The standard InChI is InChI=1S/C26H45N3O6.C24H41N3O6.CH4.K.H2NO/c1-7-9-13-33-17-19-11-10-12-29(16-19)22-15-20(24(31)34-8-2)14-21(23(22)27-18(3)30)28-25(32)35-26(4,5)6;1-6-7-11-32-15-17-9-8-10-27(14-17)20-13-18(22(29)30)12-19(21(20)25-16(2)28)26-23(31)33-24(3,4)5;;;1-2/h15,19,21-23H,7-14,16-17H2,1-6H3,(H,27,30)(H,28,32);13,17,19-21H,6-12,14-15H2,1-5H3,(H,25,28)(H,26,31)(H,29,30);1H4;;1-2H/q;;;+1;-1/t19-,21-,22+,23+;17-,19-,20+,21+;;;/m00.../s1. The van der Waals surface area contributed by atoms with E-state index in [1.165, 1.54) is 13.8 Å². The number of hydrogen-bond donors (Lipinski definition) is 6. The van der Waals surface area contributed by atoms with E-state index in [0.29, 0.717) is 30.6 Å². The maximum atomic E-state index is 12.7. The molecule has 2 saturated heterocycles. The molecule has 0 bridgehead atoms. The number of aliphatic carboxylic acids is 1. The minimum Gasteiger partial charge on any atom is -0.553 e. The molecule has 4 amide bonds. The summed E-state index contributed by atoms with van der Waals surface area (Å²) in [5, 5.41) is 27.7. The van der Waals surface area contributed by atoms with Crippen molar-refractivity contribution in [2.75, 3.05) is 59.2 Å². The first-order valence-corrected chi connectivity index (χ1v) is 25.2. The van der Waals surface area contributed by atoms with Gasteiger partial charge in [-0.3, -0.25) is 19.4 Å². The average molecular weight is 1050 g/mol. The molecule has 410 valence electrons. The maximum Gasteiger partial charge on any atom is 1.00 e. The molecule has 2 heterocycles. The van der Waals surface area contributed by atoms with Gasteiger partial charge in [-0.25, -0.2) is 19.2 Å². The molecule has 2 aliphatic heterocycles. The Morgan fingerprint density at radius 3 is 1.40 bits per heavy atom. The molecule has 0 unspecified atom stereocenters. The Kier molecular flexibility index (Phi) is 34.2. The van der Waals surface area contributed by atoms with Gasteiger partial charge in [0.25, 0.3) is 0 Å². The van der Waals surface area contributed by atoms with Crippen LogP contribution < -0.4 is 72.7 Å². The van der Waals surface area contributed by atoms with Crippen LogP contribution >= 0.6 is 0 Å². The monoisotopic (exact) mass is 1050 g/mol. The summed E-state index contributed by atoms with van der Waals surface area (Å²) < 4.78 is 27.9. The van der Waals surface area contributed by atoms with Gasteiger partial charge in [0.15, 0.2) is 0 Å². The molecular weight excluding hydrogens is 958 g/mol. The number of esters is 1. The number of alkyl carbamates (subject to hydrolysis) is 2. The van der Waals surface area contributed by atoms with Crippen molar-refractivity contribution in [3.8, 4) is 0 Å². The molecule has 2 aliphatic carbocycles. The molecule has 20 nitrogen and oxygen atoms in total. The van der Waals surface area contributed by atoms with Gasteiger partial charge < -0.3 is 61.2 Å². The van der Waals surface area contributed by atoms with Crippen LogP contribution in [0.25, 0.3) is 5.90 Å². The second kappa shape index (κ2) is 35.5. The summed E-state index contributed by atoms with van der Waals surface area (Å²) in [6.07, 6.45) is 11.1. The van der Waals surface area contributed by atoms with Crippen molar-refractivity contribution in [3.63, 3.8) is 0 Å². The summed E-state index contributed by atoms with van der Waals surface area (Å²) in [6.45, 7) is 25.9. The van der Waals surface area contributed by atoms with Crippen LogP contribution in [0.1, 0.15) is 148 Å². The van der Waals surface area contributed by atoms with Crippen LogP contribution in [0.5, 0.6) is 0 Å². The molecule has 72 heavy (non-hydrogen) atoms. The first-order chi connectivity index (χ1) is 33.0. The molecule has 21 heteroatoms. The first kappa shape index (κ1) is 69.3. The quantitative estimate of drug-likeness (QED) is 0.0352. The van der Waals surface area contributed by atoms with Crippen LogP contribution in [0.2, 0.25) is 0 Å². The van der Waals surface area contributed by atoms with Crippen molar-refractivity contribution in [2.24, 2.45) is 11.8 Å². The number of carbonyl (C=O) groups is 6. The van der Waals surface area contributed by atoms with Crippen LogP contribution in [-0.2, 0) is 42.9 Å². The molecule has 7 N–H and O–H groups in total. The van der Waals surface area contributed by atoms with Crippen LogP contribution in [0.15, 0.2) is 23.3 Å². The number of carbonyl (C=O) groups excluding carboxylic acids is 5. The summed E-state index contributed by atoms with van der Waals surface area (Å²) in [5.41, 5.74) is -0.630. The molecule has 0 aromatic heterocycles. The molecule has 4 rings (SSSR count). The normalized spacial score (nSPS) is 24.5. The Labute approximate surface area is 473 Å². The van der Waals surface area contributed by atoms with Gasteiger partial charge in [-0.15, -0.1) is 0 Å². The van der Waals surface area contributed by atoms with E-state index >= 15 is 0 Å². The number of unbranched alkanes of at least 4 members (excludes halogenated alkanes) is 2. The van der Waals surface area contributed by atoms with Gasteiger partial charge in [0, 0.05) is 64.1 Å². The summed E-state index contributed by atoms with van der Waals surface area (Å²) in [4.78, 5) is 78.5. The molecule has 0 aromatic carbocycles. The van der Waals surface area contributed by atoms with Crippen molar-refractivity contribution < 1.29 is 114 Å². The van der Waals surface area contributed by atoms with Crippen LogP contribution in [0.3, 0.4) is 0 Å². The molecule has 2 fully saturated rings. The van der Waals surface area contributed by atoms with Gasteiger partial charge in [0.2, 0.25) is 11.8 Å². The summed E-state index contributed by atoms with van der Waals surface area (Å²) >= 11 is 0. The van der Waals surface area contributed by atoms with E-state index in [0.717, 1.165) is 90.8 Å². The minimum atomic E-state index is -1.02. The number of amides is 4. The van der Waals surface area contributed by atoms with E-state index < -0.39 is 59.5 Å². The Morgan fingerprint density at radius 2 is 1.06 bits per heavy atom. The molecule has 4 aliphatic rings. The van der Waals surface area contributed by atoms with Gasteiger partial charge in [0.1, 0.15) is 11.2 Å². The molecular formula is C51H92KN7O13. The second-order valence-corrected chi connectivity index (χ2v) is 20.6. The summed E-state index contributed by atoms with van der Waals surface area (Å²) in [5.74, 6) is 3.62.